The Labute approximate surface area is 407 Å². The number of fused-ring (bicyclic) bond motifs is 1. The Bertz CT molecular complexity index is 2840. The lowest BCUT2D eigenvalue weighted by Crippen LogP contribution is -2.60. The number of rotatable bonds is 12. The highest BCUT2D eigenvalue weighted by Crippen LogP contribution is 2.48. The zero-order chi connectivity index (χ0) is 49.9. The number of hydrogen-bond acceptors (Lipinski definition) is 17. The molecule has 4 amide bonds. The number of amides is 4. The van der Waals surface area contributed by atoms with Crippen LogP contribution in [0.15, 0.2) is 35.4 Å². The van der Waals surface area contributed by atoms with Crippen LogP contribution in [0.1, 0.15) is 84.8 Å². The summed E-state index contributed by atoms with van der Waals surface area (Å²) >= 11 is 0. The van der Waals surface area contributed by atoms with Gasteiger partial charge in [0.25, 0.3) is 5.91 Å². The van der Waals surface area contributed by atoms with Crippen molar-refractivity contribution in [3.05, 3.63) is 48.2 Å². The van der Waals surface area contributed by atoms with Crippen molar-refractivity contribution in [3.63, 3.8) is 0 Å². The number of halogens is 2. The smallest absolute Gasteiger partial charge is 0.410 e. The molecule has 1 atom stereocenters. The van der Waals surface area contributed by atoms with Crippen molar-refractivity contribution in [1.29, 1.82) is 0 Å². The summed E-state index contributed by atoms with van der Waals surface area (Å²) in [5, 5.41) is 15.0. The third-order valence-corrected chi connectivity index (χ3v) is 14.5. The van der Waals surface area contributed by atoms with Crippen LogP contribution in [-0.4, -0.2) is 150 Å². The number of benzene rings is 1. The molecule has 4 N–H and O–H groups in total. The molecule has 0 radical (unpaired) electrons. The van der Waals surface area contributed by atoms with Gasteiger partial charge in [0, 0.05) is 62.8 Å². The molecule has 5 aliphatic rings. The maximum Gasteiger partial charge on any atom is 0.410 e. The van der Waals surface area contributed by atoms with E-state index < -0.39 is 35.2 Å². The van der Waals surface area contributed by atoms with Crippen LogP contribution in [0, 0.1) is 17.6 Å². The molecule has 0 bridgehead atoms. The number of piperazine rings is 1. The van der Waals surface area contributed by atoms with Crippen molar-refractivity contribution in [3.8, 4) is 28.5 Å². The van der Waals surface area contributed by atoms with Gasteiger partial charge in [-0.1, -0.05) is 5.16 Å². The van der Waals surface area contributed by atoms with E-state index in [0.29, 0.717) is 97.4 Å². The summed E-state index contributed by atoms with van der Waals surface area (Å²) in [6.07, 6.45) is 7.34. The highest BCUT2D eigenvalue weighted by Gasteiger charge is 2.41. The van der Waals surface area contributed by atoms with Crippen LogP contribution in [0.2, 0.25) is 0 Å². The highest BCUT2D eigenvalue weighted by molar-refractivity contribution is 6.02. The number of nitrogen functional groups attached to an aromatic ring is 1. The maximum absolute atomic E-state index is 15.4. The third-order valence-electron chi connectivity index (χ3n) is 14.5. The Hall–Kier alpha value is -7.04. The van der Waals surface area contributed by atoms with Gasteiger partial charge in [0.15, 0.2) is 41.2 Å². The van der Waals surface area contributed by atoms with Gasteiger partial charge in [-0.2, -0.15) is 5.10 Å². The lowest BCUT2D eigenvalue weighted by atomic mass is 9.78. The minimum absolute atomic E-state index is 0.0943. The molecule has 21 nitrogen and oxygen atoms in total. The number of hydrogen-bond donors (Lipinski definition) is 3. The molecule has 5 fully saturated rings. The van der Waals surface area contributed by atoms with Crippen LogP contribution in [0.5, 0.6) is 5.75 Å². The number of likely N-dealkylation sites (tertiary alicyclic amines) is 1. The van der Waals surface area contributed by atoms with Crippen molar-refractivity contribution in [2.24, 2.45) is 5.92 Å². The van der Waals surface area contributed by atoms with E-state index in [9.17, 15) is 19.2 Å². The van der Waals surface area contributed by atoms with Crippen LogP contribution in [0.25, 0.3) is 33.8 Å². The molecular weight excluding hydrogens is 923 g/mol. The summed E-state index contributed by atoms with van der Waals surface area (Å²) in [6.45, 7) is 13.7. The topological polar surface area (TPSA) is 245 Å². The molecule has 10 rings (SSSR count). The summed E-state index contributed by atoms with van der Waals surface area (Å²) in [6, 6.07) is 1.63. The first-order chi connectivity index (χ1) is 33.9. The molecule has 1 aromatic carbocycles. The van der Waals surface area contributed by atoms with Gasteiger partial charge in [-0.15, -0.1) is 0 Å². The molecule has 0 unspecified atom stereocenters. The molecule has 0 spiro atoms. The van der Waals surface area contributed by atoms with E-state index >= 15 is 8.78 Å². The summed E-state index contributed by atoms with van der Waals surface area (Å²) in [5.41, 5.74) is 7.88. The number of ether oxygens (including phenoxy) is 2. The predicted octanol–water partition coefficient (Wildman–Crippen LogP) is 4.69. The van der Waals surface area contributed by atoms with Crippen molar-refractivity contribution in [1.82, 2.24) is 54.9 Å². The van der Waals surface area contributed by atoms with Gasteiger partial charge in [0.1, 0.15) is 41.4 Å². The largest absolute Gasteiger partial charge is 0.483 e. The van der Waals surface area contributed by atoms with Crippen LogP contribution >= 0.6 is 0 Å². The summed E-state index contributed by atoms with van der Waals surface area (Å²) < 4.78 is 50.0. The molecule has 5 aromatic rings. The zero-order valence-electron chi connectivity index (χ0n) is 40.4. The van der Waals surface area contributed by atoms with Gasteiger partial charge in [0.2, 0.25) is 11.8 Å². The third kappa shape index (κ3) is 9.50. The van der Waals surface area contributed by atoms with Crippen LogP contribution < -0.4 is 26.0 Å². The minimum Gasteiger partial charge on any atom is -0.483 e. The van der Waals surface area contributed by atoms with E-state index in [0.717, 1.165) is 12.8 Å². The first-order valence-corrected chi connectivity index (χ1v) is 24.2. The number of carbonyl (C=O) groups excluding carboxylic acids is 4. The van der Waals surface area contributed by atoms with Crippen LogP contribution in [-0.2, 0) is 24.7 Å². The molecule has 1 saturated carbocycles. The second kappa shape index (κ2) is 18.6. The fraction of sp³-hybridized carbons (Fsp3) is 0.542. The summed E-state index contributed by atoms with van der Waals surface area (Å²) in [4.78, 5) is 75.1. The van der Waals surface area contributed by atoms with Gasteiger partial charge in [-0.05, 0) is 84.8 Å². The van der Waals surface area contributed by atoms with Gasteiger partial charge in [-0.25, -0.2) is 38.2 Å². The Balaban J connectivity index is 0.671. The van der Waals surface area contributed by atoms with Crippen molar-refractivity contribution < 1.29 is 42.0 Å². The van der Waals surface area contributed by atoms with Gasteiger partial charge in [0.05, 0.1) is 42.0 Å². The van der Waals surface area contributed by atoms with E-state index in [2.05, 4.69) is 54.5 Å². The highest BCUT2D eigenvalue weighted by atomic mass is 19.1. The number of nitrogens with two attached hydrogens (primary N) is 1. The fourth-order valence-corrected chi connectivity index (χ4v) is 10.2. The zero-order valence-corrected chi connectivity index (χ0v) is 40.4. The molecular formula is C48H58F2N14O7. The first kappa shape index (κ1) is 47.6. The molecule has 1 aliphatic carbocycles. The van der Waals surface area contributed by atoms with Crippen LogP contribution in [0.3, 0.4) is 0 Å². The molecule has 8 heterocycles. The molecule has 71 heavy (non-hydrogen) atoms. The Kier molecular flexibility index (Phi) is 12.5. The van der Waals surface area contributed by atoms with Gasteiger partial charge >= 0.3 is 6.09 Å². The second-order valence-corrected chi connectivity index (χ2v) is 20.6. The van der Waals surface area contributed by atoms with Crippen molar-refractivity contribution >= 4 is 52.0 Å². The van der Waals surface area contributed by atoms with Crippen LogP contribution in [0.4, 0.5) is 30.8 Å². The van der Waals surface area contributed by atoms with E-state index in [1.54, 1.807) is 26.9 Å². The quantitative estimate of drug-likeness (QED) is 0.144. The standard InChI is InChI=1S/C48H58F2N14O7/c1-47(2,3)64-44-37(42(51)54-25-55-44)38(58-64)39-36(41(71-59-39)26-6-7-26)43-52-20-29(21-53-43)70-30-22-62(23-30)46(68)69-24-35(66)60-14-16-63(17-15-60)48(4,5)27-10-12-61(13-11-27)40-31(49)18-28(19-32(40)50)56-33-8-9-34(65)57-45(33)67/h18-21,25-27,30,33,56H,6-17,22-24H2,1-5H3,(H2,51,54,55)(H,57,65,67)/t33-/m1/s1. The fourth-order valence-electron chi connectivity index (χ4n) is 10.2. The van der Waals surface area contributed by atoms with E-state index in [1.807, 2.05) is 20.8 Å². The molecule has 4 aromatic heterocycles. The van der Waals surface area contributed by atoms with E-state index in [-0.39, 0.29) is 85.0 Å². The van der Waals surface area contributed by atoms with Crippen molar-refractivity contribution in [2.45, 2.75) is 102 Å². The number of piperidine rings is 2. The normalized spacial score (nSPS) is 19.8. The van der Waals surface area contributed by atoms with Gasteiger partial charge < -0.3 is 39.7 Å². The molecule has 4 saturated heterocycles. The first-order valence-electron chi connectivity index (χ1n) is 24.2. The monoisotopic (exact) mass is 980 g/mol. The molecule has 376 valence electrons. The number of nitrogens with one attached hydrogen (secondary N) is 2. The predicted molar refractivity (Wildman–Crippen MR) is 254 cm³/mol. The number of aromatic nitrogens is 7. The average molecular weight is 981 g/mol. The Morgan fingerprint density at radius 2 is 1.58 bits per heavy atom. The summed E-state index contributed by atoms with van der Waals surface area (Å²) in [5.74, 6) is -0.440. The lowest BCUT2D eigenvalue weighted by Gasteiger charge is -2.50. The van der Waals surface area contributed by atoms with E-state index in [4.69, 9.17) is 24.8 Å². The number of carbonyl (C=O) groups is 4. The minimum atomic E-state index is -0.753. The molecule has 23 heteroatoms. The lowest BCUT2D eigenvalue weighted by molar-refractivity contribution is -0.138. The second-order valence-electron chi connectivity index (χ2n) is 20.6. The van der Waals surface area contributed by atoms with Gasteiger partial charge in [-0.3, -0.25) is 24.6 Å². The van der Waals surface area contributed by atoms with E-state index in [1.165, 1.54) is 23.4 Å². The molecule has 4 aliphatic heterocycles. The number of nitrogens with zero attached hydrogens (tertiary/aromatic N) is 11. The summed E-state index contributed by atoms with van der Waals surface area (Å²) in [7, 11) is 0. The Morgan fingerprint density at radius 1 is 0.887 bits per heavy atom. The average Bonchev–Trinajstić information content (AvgIpc) is 3.94. The Morgan fingerprint density at radius 3 is 2.23 bits per heavy atom. The SMILES string of the molecule is CC(C)(C1CCN(c2c(F)cc(N[C@@H]3CCC(=O)NC3=O)cc2F)CC1)N1CCN(C(=O)COC(=O)N2CC(Oc3cnc(-c4c(-c5nn(C(C)(C)C)c6ncnc(N)c56)noc4C4CC4)nc3)C2)CC1. The maximum atomic E-state index is 15.4. The number of anilines is 3. The van der Waals surface area contributed by atoms with Crippen molar-refractivity contribution in [2.75, 3.05) is 74.9 Å². The number of imide groups is 1.